The number of esters is 1. The molecule has 0 aromatic heterocycles. The Morgan fingerprint density at radius 2 is 1.59 bits per heavy atom. The molecule has 1 atom stereocenters. The summed E-state index contributed by atoms with van der Waals surface area (Å²) in [5.41, 5.74) is 0.573. The van der Waals surface area contributed by atoms with Gasteiger partial charge in [-0.25, -0.2) is 4.79 Å². The third-order valence-electron chi connectivity index (χ3n) is 4.97. The van der Waals surface area contributed by atoms with E-state index in [-0.39, 0.29) is 45.0 Å². The van der Waals surface area contributed by atoms with Gasteiger partial charge in [0.15, 0.2) is 18.2 Å². The van der Waals surface area contributed by atoms with Gasteiger partial charge >= 0.3 is 5.97 Å². The topological polar surface area (TPSA) is 89.5 Å². The fourth-order valence-corrected chi connectivity index (χ4v) is 3.30. The number of rotatable bonds is 5. The molecular weight excluding hydrogens is 394 g/mol. The van der Waals surface area contributed by atoms with Crippen LogP contribution in [-0.2, 0) is 9.53 Å². The zero-order valence-electron chi connectivity index (χ0n) is 16.2. The highest BCUT2D eigenvalue weighted by Crippen LogP contribution is 2.34. The number of hydrogen-bond acceptors (Lipinski definition) is 5. The number of fused-ring (bicyclic) bond motifs is 2. The number of nitrogens with one attached hydrogen (secondary N) is 1. The first-order chi connectivity index (χ1) is 13.7. The average Bonchev–Trinajstić information content (AvgIpc) is 2.70. The Hall–Kier alpha value is -2.99. The number of ether oxygens (including phenoxy) is 1. The van der Waals surface area contributed by atoms with Crippen molar-refractivity contribution in [1.29, 1.82) is 0 Å². The zero-order valence-corrected chi connectivity index (χ0v) is 17.0. The van der Waals surface area contributed by atoms with Gasteiger partial charge in [-0.3, -0.25) is 14.4 Å². The molecule has 150 valence electrons. The van der Waals surface area contributed by atoms with Crippen molar-refractivity contribution in [1.82, 2.24) is 5.32 Å². The lowest BCUT2D eigenvalue weighted by atomic mass is 9.83. The van der Waals surface area contributed by atoms with Crippen LogP contribution in [0.15, 0.2) is 36.4 Å². The standard InChI is InChI=1S/C22H20ClNO5/c1-11(2)12(3)24-17(25)10-29-22(28)16-9-8-15-18(19(16)23)21(27)14-7-5-4-6-13(14)20(15)26/h4-9,11-12H,10H2,1-3H3,(H,24,25). The van der Waals surface area contributed by atoms with Crippen LogP contribution < -0.4 is 5.32 Å². The van der Waals surface area contributed by atoms with Crippen LogP contribution in [0.3, 0.4) is 0 Å². The van der Waals surface area contributed by atoms with Gasteiger partial charge in [0.2, 0.25) is 0 Å². The number of ketones is 2. The number of benzene rings is 2. The summed E-state index contributed by atoms with van der Waals surface area (Å²) in [6, 6.07) is 9.08. The Kier molecular flexibility index (Phi) is 5.84. The number of carbonyl (C=O) groups is 4. The van der Waals surface area contributed by atoms with E-state index in [1.54, 1.807) is 24.3 Å². The molecule has 1 aliphatic carbocycles. The van der Waals surface area contributed by atoms with Gasteiger partial charge in [-0.05, 0) is 25.0 Å². The highest BCUT2D eigenvalue weighted by Gasteiger charge is 2.33. The molecular formula is C22H20ClNO5. The second-order valence-electron chi connectivity index (χ2n) is 7.23. The van der Waals surface area contributed by atoms with Crippen LogP contribution in [-0.4, -0.2) is 36.1 Å². The molecule has 0 bridgehead atoms. The first-order valence-electron chi connectivity index (χ1n) is 9.19. The molecule has 0 radical (unpaired) electrons. The lowest BCUT2D eigenvalue weighted by molar-refractivity contribution is -0.125. The van der Waals surface area contributed by atoms with E-state index in [2.05, 4.69) is 5.32 Å². The summed E-state index contributed by atoms with van der Waals surface area (Å²) in [7, 11) is 0. The monoisotopic (exact) mass is 413 g/mol. The largest absolute Gasteiger partial charge is 0.452 e. The first-order valence-corrected chi connectivity index (χ1v) is 9.57. The predicted molar refractivity (Wildman–Crippen MR) is 107 cm³/mol. The Morgan fingerprint density at radius 1 is 0.966 bits per heavy atom. The molecule has 0 saturated heterocycles. The maximum Gasteiger partial charge on any atom is 0.340 e. The fourth-order valence-electron chi connectivity index (χ4n) is 2.97. The van der Waals surface area contributed by atoms with E-state index in [4.69, 9.17) is 16.3 Å². The minimum absolute atomic E-state index is 0.0253. The second kappa shape index (κ2) is 8.17. The minimum Gasteiger partial charge on any atom is -0.452 e. The van der Waals surface area contributed by atoms with E-state index >= 15 is 0 Å². The summed E-state index contributed by atoms with van der Waals surface area (Å²) in [5, 5.41) is 2.57. The Bertz CT molecular complexity index is 1030. The van der Waals surface area contributed by atoms with Crippen molar-refractivity contribution in [2.75, 3.05) is 6.61 Å². The van der Waals surface area contributed by atoms with E-state index in [9.17, 15) is 19.2 Å². The van der Waals surface area contributed by atoms with Crippen molar-refractivity contribution in [2.24, 2.45) is 5.92 Å². The molecule has 1 amide bonds. The zero-order chi connectivity index (χ0) is 21.3. The van der Waals surface area contributed by atoms with E-state index in [0.717, 1.165) is 0 Å². The molecule has 1 aliphatic rings. The summed E-state index contributed by atoms with van der Waals surface area (Å²) in [6.45, 7) is 5.30. The quantitative estimate of drug-likeness (QED) is 0.647. The van der Waals surface area contributed by atoms with E-state index in [1.165, 1.54) is 12.1 Å². The van der Waals surface area contributed by atoms with Crippen molar-refractivity contribution in [3.8, 4) is 0 Å². The lowest BCUT2D eigenvalue weighted by Crippen LogP contribution is -2.38. The molecule has 2 aromatic rings. The summed E-state index contributed by atoms with van der Waals surface area (Å²) in [4.78, 5) is 49.9. The molecule has 29 heavy (non-hydrogen) atoms. The van der Waals surface area contributed by atoms with E-state index in [1.807, 2.05) is 20.8 Å². The van der Waals surface area contributed by atoms with Crippen LogP contribution in [0.1, 0.15) is 63.0 Å². The molecule has 1 unspecified atom stereocenters. The van der Waals surface area contributed by atoms with Gasteiger partial charge in [-0.1, -0.05) is 49.7 Å². The van der Waals surface area contributed by atoms with Gasteiger partial charge in [0.1, 0.15) is 0 Å². The minimum atomic E-state index is -0.843. The number of amides is 1. The highest BCUT2D eigenvalue weighted by atomic mass is 35.5. The Morgan fingerprint density at radius 3 is 2.21 bits per heavy atom. The maximum atomic E-state index is 12.8. The van der Waals surface area contributed by atoms with Gasteiger partial charge in [-0.2, -0.15) is 0 Å². The molecule has 0 aliphatic heterocycles. The number of hydrogen-bond donors (Lipinski definition) is 1. The average molecular weight is 414 g/mol. The SMILES string of the molecule is CC(C)C(C)NC(=O)COC(=O)c1ccc2c(c1Cl)C(=O)c1ccccc1C2=O. The summed E-state index contributed by atoms with van der Waals surface area (Å²) in [6.07, 6.45) is 0. The molecule has 1 N–H and O–H groups in total. The number of halogens is 1. The van der Waals surface area contributed by atoms with Crippen LogP contribution >= 0.6 is 11.6 Å². The molecule has 0 heterocycles. The van der Waals surface area contributed by atoms with E-state index < -0.39 is 24.3 Å². The van der Waals surface area contributed by atoms with Crippen molar-refractivity contribution in [3.05, 3.63) is 69.2 Å². The number of carbonyl (C=O) groups excluding carboxylic acids is 4. The Balaban J connectivity index is 1.82. The first kappa shape index (κ1) is 20.7. The molecule has 0 fully saturated rings. The van der Waals surface area contributed by atoms with Crippen LogP contribution in [0.4, 0.5) is 0 Å². The van der Waals surface area contributed by atoms with Crippen LogP contribution in [0.2, 0.25) is 5.02 Å². The third-order valence-corrected chi connectivity index (χ3v) is 5.37. The Labute approximate surface area is 173 Å². The second-order valence-corrected chi connectivity index (χ2v) is 7.61. The van der Waals surface area contributed by atoms with E-state index in [0.29, 0.717) is 5.56 Å². The van der Waals surface area contributed by atoms with Crippen LogP contribution in [0.5, 0.6) is 0 Å². The normalized spacial score (nSPS) is 13.6. The molecule has 0 spiro atoms. The summed E-state index contributed by atoms with van der Waals surface area (Å²) >= 11 is 6.32. The van der Waals surface area contributed by atoms with Gasteiger partial charge in [0.05, 0.1) is 16.1 Å². The predicted octanol–water partition coefficient (Wildman–Crippen LogP) is 3.43. The van der Waals surface area contributed by atoms with Crippen molar-refractivity contribution < 1.29 is 23.9 Å². The van der Waals surface area contributed by atoms with Gasteiger partial charge < -0.3 is 10.1 Å². The van der Waals surface area contributed by atoms with Gasteiger partial charge in [0.25, 0.3) is 5.91 Å². The van der Waals surface area contributed by atoms with Gasteiger partial charge in [0, 0.05) is 22.7 Å². The van der Waals surface area contributed by atoms with Crippen molar-refractivity contribution >= 4 is 35.0 Å². The molecule has 2 aromatic carbocycles. The van der Waals surface area contributed by atoms with Crippen LogP contribution in [0, 0.1) is 5.92 Å². The molecule has 3 rings (SSSR count). The fraction of sp³-hybridized carbons (Fsp3) is 0.273. The van der Waals surface area contributed by atoms with Crippen molar-refractivity contribution in [2.45, 2.75) is 26.8 Å². The van der Waals surface area contributed by atoms with Gasteiger partial charge in [-0.15, -0.1) is 0 Å². The summed E-state index contributed by atoms with van der Waals surface area (Å²) in [5.74, 6) is -1.81. The van der Waals surface area contributed by atoms with Crippen LogP contribution in [0.25, 0.3) is 0 Å². The maximum absolute atomic E-state index is 12.8. The third kappa shape index (κ3) is 3.93. The highest BCUT2D eigenvalue weighted by molar-refractivity contribution is 6.41. The molecule has 6 nitrogen and oxygen atoms in total. The molecule has 7 heteroatoms. The molecule has 0 saturated carbocycles. The summed E-state index contributed by atoms with van der Waals surface area (Å²) < 4.78 is 5.04. The smallest absolute Gasteiger partial charge is 0.340 e. The lowest BCUT2D eigenvalue weighted by Gasteiger charge is -2.20. The van der Waals surface area contributed by atoms with Crippen molar-refractivity contribution in [3.63, 3.8) is 0 Å².